The van der Waals surface area contributed by atoms with Crippen LogP contribution in [0.2, 0.25) is 0 Å². The van der Waals surface area contributed by atoms with Gasteiger partial charge in [0.25, 0.3) is 0 Å². The molecule has 0 atom stereocenters. The molecule has 30 heavy (non-hydrogen) atoms. The third kappa shape index (κ3) is 3.57. The Bertz CT molecular complexity index is 1200. The van der Waals surface area contributed by atoms with Gasteiger partial charge >= 0.3 is 0 Å². The van der Waals surface area contributed by atoms with Crippen molar-refractivity contribution >= 4 is 32.6 Å². The molecule has 4 aromatic rings. The zero-order chi connectivity index (χ0) is 20.5. The fourth-order valence-corrected chi connectivity index (χ4v) is 4.29. The molecule has 3 heterocycles. The summed E-state index contributed by atoms with van der Waals surface area (Å²) in [6.07, 6.45) is 1.80. The minimum absolute atomic E-state index is 0.0868. The highest BCUT2D eigenvalue weighted by atomic mass is 32.1. The smallest absolute Gasteiger partial charge is 0.233 e. The predicted octanol–water partition coefficient (Wildman–Crippen LogP) is 4.40. The highest BCUT2D eigenvalue weighted by Crippen LogP contribution is 2.34. The van der Waals surface area contributed by atoms with Crippen LogP contribution in [0.1, 0.15) is 11.3 Å². The lowest BCUT2D eigenvalue weighted by molar-refractivity contribution is -0.118. The number of amides is 1. The Hall–Kier alpha value is -3.52. The molecule has 2 aromatic carbocycles. The van der Waals surface area contributed by atoms with Gasteiger partial charge in [-0.15, -0.1) is 0 Å². The molecule has 0 radical (unpaired) electrons. The minimum atomic E-state index is -0.0868. The standard InChI is InChI=1S/C22H18N2O5S/c1-26-15-5-6-17-20(11-15)30-22(23-17)24(12-16-3-2-8-27-16)21(25)10-14-4-7-18-19(9-14)29-13-28-18/h2-9,11H,10,12-13H2,1H3. The van der Waals surface area contributed by atoms with Gasteiger partial charge in [0.05, 0.1) is 36.6 Å². The number of furan rings is 1. The Kier molecular flexibility index (Phi) is 4.76. The molecule has 2 aromatic heterocycles. The van der Waals surface area contributed by atoms with Crippen LogP contribution >= 0.6 is 11.3 Å². The topological polar surface area (TPSA) is 74.0 Å². The average molecular weight is 422 g/mol. The highest BCUT2D eigenvalue weighted by molar-refractivity contribution is 7.22. The fourth-order valence-electron chi connectivity index (χ4n) is 3.28. The van der Waals surface area contributed by atoms with E-state index < -0.39 is 0 Å². The van der Waals surface area contributed by atoms with Crippen molar-refractivity contribution in [2.24, 2.45) is 0 Å². The summed E-state index contributed by atoms with van der Waals surface area (Å²) >= 11 is 1.44. The molecule has 0 saturated carbocycles. The third-order valence-corrected chi connectivity index (χ3v) is 5.84. The molecule has 0 bridgehead atoms. The van der Waals surface area contributed by atoms with E-state index >= 15 is 0 Å². The van der Waals surface area contributed by atoms with Crippen LogP contribution in [0.4, 0.5) is 5.13 Å². The molecule has 1 aliphatic heterocycles. The van der Waals surface area contributed by atoms with Gasteiger partial charge in [-0.3, -0.25) is 9.69 Å². The molecule has 0 unspecified atom stereocenters. The third-order valence-electron chi connectivity index (χ3n) is 4.80. The van der Waals surface area contributed by atoms with Crippen LogP contribution in [0.3, 0.4) is 0 Å². The van der Waals surface area contributed by atoms with E-state index in [-0.39, 0.29) is 19.1 Å². The largest absolute Gasteiger partial charge is 0.497 e. The monoisotopic (exact) mass is 422 g/mol. The predicted molar refractivity (Wildman–Crippen MR) is 112 cm³/mol. The van der Waals surface area contributed by atoms with Crippen molar-refractivity contribution in [3.05, 3.63) is 66.1 Å². The second kappa shape index (κ2) is 7.72. The van der Waals surface area contributed by atoms with Crippen molar-refractivity contribution < 1.29 is 23.4 Å². The summed E-state index contributed by atoms with van der Waals surface area (Å²) in [5.74, 6) is 2.70. The summed E-state index contributed by atoms with van der Waals surface area (Å²) in [7, 11) is 1.63. The number of fused-ring (bicyclic) bond motifs is 2. The van der Waals surface area contributed by atoms with Crippen LogP contribution in [-0.4, -0.2) is 24.8 Å². The maximum absolute atomic E-state index is 13.3. The lowest BCUT2D eigenvalue weighted by atomic mass is 10.1. The molecule has 1 aliphatic rings. The zero-order valence-corrected chi connectivity index (χ0v) is 17.0. The van der Waals surface area contributed by atoms with Crippen molar-refractivity contribution in [3.63, 3.8) is 0 Å². The van der Waals surface area contributed by atoms with Gasteiger partial charge < -0.3 is 18.6 Å². The molecular formula is C22H18N2O5S. The van der Waals surface area contributed by atoms with Crippen LogP contribution in [0.25, 0.3) is 10.2 Å². The number of hydrogen-bond donors (Lipinski definition) is 0. The summed E-state index contributed by atoms with van der Waals surface area (Å²) in [5, 5.41) is 0.611. The Morgan fingerprint density at radius 2 is 2.07 bits per heavy atom. The van der Waals surface area contributed by atoms with Crippen molar-refractivity contribution in [2.45, 2.75) is 13.0 Å². The van der Waals surface area contributed by atoms with E-state index in [2.05, 4.69) is 4.98 Å². The van der Waals surface area contributed by atoms with E-state index in [1.54, 1.807) is 24.3 Å². The first kappa shape index (κ1) is 18.5. The second-order valence-electron chi connectivity index (χ2n) is 6.75. The summed E-state index contributed by atoms with van der Waals surface area (Å²) < 4.78 is 22.5. The number of carbonyl (C=O) groups excluding carboxylic acids is 1. The molecule has 0 spiro atoms. The van der Waals surface area contributed by atoms with Crippen molar-refractivity contribution in [3.8, 4) is 17.2 Å². The number of thiazole rings is 1. The Balaban J connectivity index is 1.46. The molecule has 1 amide bonds. The summed E-state index contributed by atoms with van der Waals surface area (Å²) in [6, 6.07) is 14.9. The van der Waals surface area contributed by atoms with Gasteiger partial charge in [-0.2, -0.15) is 0 Å². The molecule has 0 saturated heterocycles. The normalized spacial score (nSPS) is 12.3. The number of carbonyl (C=O) groups is 1. The number of hydrogen-bond acceptors (Lipinski definition) is 7. The first-order valence-electron chi connectivity index (χ1n) is 9.35. The van der Waals surface area contributed by atoms with Crippen LogP contribution in [0.5, 0.6) is 17.2 Å². The molecule has 8 heteroatoms. The number of nitrogens with zero attached hydrogens (tertiary/aromatic N) is 2. The van der Waals surface area contributed by atoms with E-state index in [0.717, 1.165) is 21.5 Å². The first-order valence-corrected chi connectivity index (χ1v) is 10.2. The van der Waals surface area contributed by atoms with Gasteiger partial charge in [0.1, 0.15) is 11.5 Å². The van der Waals surface area contributed by atoms with E-state index in [0.29, 0.717) is 28.9 Å². The molecule has 5 rings (SSSR count). The van der Waals surface area contributed by atoms with Crippen molar-refractivity contribution in [1.29, 1.82) is 0 Å². The number of benzene rings is 2. The summed E-state index contributed by atoms with van der Waals surface area (Å²) in [4.78, 5) is 19.6. The van der Waals surface area contributed by atoms with Crippen molar-refractivity contribution in [2.75, 3.05) is 18.8 Å². The minimum Gasteiger partial charge on any atom is -0.497 e. The quantitative estimate of drug-likeness (QED) is 0.458. The van der Waals surface area contributed by atoms with Gasteiger partial charge in [-0.25, -0.2) is 4.98 Å². The SMILES string of the molecule is COc1ccc2nc(N(Cc3ccco3)C(=O)Cc3ccc4c(c3)OCO4)sc2c1. The molecular weight excluding hydrogens is 404 g/mol. The number of rotatable bonds is 6. The summed E-state index contributed by atoms with van der Waals surface area (Å²) in [5.41, 5.74) is 1.66. The molecule has 152 valence electrons. The zero-order valence-electron chi connectivity index (χ0n) is 16.2. The number of aromatic nitrogens is 1. The van der Waals surface area contributed by atoms with Crippen molar-refractivity contribution in [1.82, 2.24) is 4.98 Å². The van der Waals surface area contributed by atoms with E-state index in [1.807, 2.05) is 42.5 Å². The maximum Gasteiger partial charge on any atom is 0.233 e. The Morgan fingerprint density at radius 3 is 2.90 bits per heavy atom. The Morgan fingerprint density at radius 1 is 1.17 bits per heavy atom. The number of ether oxygens (including phenoxy) is 3. The molecule has 7 nitrogen and oxygen atoms in total. The van der Waals surface area contributed by atoms with E-state index in [1.165, 1.54) is 11.3 Å². The van der Waals surface area contributed by atoms with Crippen LogP contribution < -0.4 is 19.1 Å². The lowest BCUT2D eigenvalue weighted by Gasteiger charge is -2.19. The van der Waals surface area contributed by atoms with Crippen LogP contribution in [0, 0.1) is 0 Å². The van der Waals surface area contributed by atoms with Gasteiger partial charge in [0, 0.05) is 0 Å². The number of methoxy groups -OCH3 is 1. The summed E-state index contributed by atoms with van der Waals surface area (Å²) in [6.45, 7) is 0.500. The highest BCUT2D eigenvalue weighted by Gasteiger charge is 2.23. The van der Waals surface area contributed by atoms with Crippen LogP contribution in [-0.2, 0) is 17.8 Å². The lowest BCUT2D eigenvalue weighted by Crippen LogP contribution is -2.31. The van der Waals surface area contributed by atoms with Gasteiger partial charge in [0.15, 0.2) is 16.6 Å². The average Bonchev–Trinajstić information content (AvgIpc) is 3.51. The molecule has 0 aliphatic carbocycles. The second-order valence-corrected chi connectivity index (χ2v) is 7.76. The molecule has 0 N–H and O–H groups in total. The molecule has 0 fully saturated rings. The van der Waals surface area contributed by atoms with E-state index in [9.17, 15) is 4.79 Å². The van der Waals surface area contributed by atoms with E-state index in [4.69, 9.17) is 18.6 Å². The van der Waals surface area contributed by atoms with Gasteiger partial charge in [-0.1, -0.05) is 17.4 Å². The fraction of sp³-hybridized carbons (Fsp3) is 0.182. The number of anilines is 1. The maximum atomic E-state index is 13.3. The van der Waals surface area contributed by atoms with Gasteiger partial charge in [-0.05, 0) is 48.0 Å². The Labute approximate surface area is 176 Å². The van der Waals surface area contributed by atoms with Crippen LogP contribution in [0.15, 0.2) is 59.2 Å². The first-order chi connectivity index (χ1) is 14.7. The van der Waals surface area contributed by atoms with Gasteiger partial charge in [0.2, 0.25) is 12.7 Å².